The van der Waals surface area contributed by atoms with E-state index in [4.69, 9.17) is 11.6 Å². The maximum absolute atomic E-state index is 12.5. The highest BCUT2D eigenvalue weighted by Gasteiger charge is 2.22. The molecule has 0 spiro atoms. The highest BCUT2D eigenvalue weighted by molar-refractivity contribution is 6.33. The van der Waals surface area contributed by atoms with E-state index < -0.39 is 4.92 Å². The standard InChI is InChI=1S/C14H19ClN2O3/c1-9(2)8-16(10(3)4)14(18)11-5-6-13(17(19)20)12(15)7-11/h5-7,9-10H,8H2,1-4H3. The van der Waals surface area contributed by atoms with Gasteiger partial charge in [0.1, 0.15) is 5.02 Å². The van der Waals surface area contributed by atoms with Crippen LogP contribution in [0.15, 0.2) is 18.2 Å². The zero-order valence-electron chi connectivity index (χ0n) is 12.1. The van der Waals surface area contributed by atoms with Crippen LogP contribution in [-0.2, 0) is 0 Å². The predicted molar refractivity (Wildman–Crippen MR) is 79.1 cm³/mol. The monoisotopic (exact) mass is 298 g/mol. The molecule has 20 heavy (non-hydrogen) atoms. The van der Waals surface area contributed by atoms with Gasteiger partial charge in [0.05, 0.1) is 4.92 Å². The second-order valence-electron chi connectivity index (χ2n) is 5.37. The van der Waals surface area contributed by atoms with Crippen molar-refractivity contribution in [3.05, 3.63) is 38.9 Å². The first kappa shape index (κ1) is 16.4. The molecule has 0 fully saturated rings. The molecule has 0 saturated heterocycles. The summed E-state index contributed by atoms with van der Waals surface area (Å²) in [7, 11) is 0. The van der Waals surface area contributed by atoms with Crippen LogP contribution >= 0.6 is 11.6 Å². The summed E-state index contributed by atoms with van der Waals surface area (Å²) < 4.78 is 0. The molecule has 1 rings (SSSR count). The zero-order chi connectivity index (χ0) is 15.4. The molecular formula is C14H19ClN2O3. The molecule has 0 aliphatic rings. The molecule has 0 unspecified atom stereocenters. The van der Waals surface area contributed by atoms with E-state index in [1.54, 1.807) is 4.90 Å². The molecule has 0 bridgehead atoms. The van der Waals surface area contributed by atoms with Crippen LogP contribution in [0.3, 0.4) is 0 Å². The molecule has 0 atom stereocenters. The number of nitro groups is 1. The van der Waals surface area contributed by atoms with E-state index in [0.29, 0.717) is 18.0 Å². The Kier molecular flexibility index (Phi) is 5.51. The number of amides is 1. The lowest BCUT2D eigenvalue weighted by atomic mass is 10.1. The minimum absolute atomic E-state index is 0.0193. The molecule has 1 aromatic rings. The Hall–Kier alpha value is -1.62. The van der Waals surface area contributed by atoms with Gasteiger partial charge in [0.25, 0.3) is 11.6 Å². The highest BCUT2D eigenvalue weighted by atomic mass is 35.5. The van der Waals surface area contributed by atoms with Crippen molar-refractivity contribution in [2.24, 2.45) is 5.92 Å². The summed E-state index contributed by atoms with van der Waals surface area (Å²) in [6, 6.07) is 4.13. The Morgan fingerprint density at radius 3 is 2.35 bits per heavy atom. The molecular weight excluding hydrogens is 280 g/mol. The van der Waals surface area contributed by atoms with E-state index >= 15 is 0 Å². The van der Waals surface area contributed by atoms with Gasteiger partial charge in [-0.2, -0.15) is 0 Å². The summed E-state index contributed by atoms with van der Waals surface area (Å²) in [5.74, 6) is 0.181. The number of hydrogen-bond acceptors (Lipinski definition) is 3. The lowest BCUT2D eigenvalue weighted by molar-refractivity contribution is -0.384. The van der Waals surface area contributed by atoms with Crippen molar-refractivity contribution in [3.63, 3.8) is 0 Å². The van der Waals surface area contributed by atoms with Crippen molar-refractivity contribution in [2.75, 3.05) is 6.54 Å². The predicted octanol–water partition coefficient (Wildman–Crippen LogP) is 3.75. The third kappa shape index (κ3) is 3.93. The molecule has 0 aliphatic carbocycles. The fourth-order valence-corrected chi connectivity index (χ4v) is 2.12. The van der Waals surface area contributed by atoms with E-state index in [1.165, 1.54) is 18.2 Å². The number of nitrogens with zero attached hydrogens (tertiary/aromatic N) is 2. The molecule has 0 radical (unpaired) electrons. The van der Waals surface area contributed by atoms with Crippen LogP contribution < -0.4 is 0 Å². The van der Waals surface area contributed by atoms with Crippen LogP contribution in [0.4, 0.5) is 5.69 Å². The maximum atomic E-state index is 12.5. The third-order valence-electron chi connectivity index (χ3n) is 2.84. The van der Waals surface area contributed by atoms with Gasteiger partial charge in [-0.25, -0.2) is 0 Å². The van der Waals surface area contributed by atoms with E-state index in [-0.39, 0.29) is 22.7 Å². The molecule has 0 aromatic heterocycles. The number of hydrogen-bond donors (Lipinski definition) is 0. The number of rotatable bonds is 5. The van der Waals surface area contributed by atoms with Crippen molar-refractivity contribution in [3.8, 4) is 0 Å². The first-order valence-corrected chi connectivity index (χ1v) is 6.86. The first-order chi connectivity index (χ1) is 9.23. The van der Waals surface area contributed by atoms with Gasteiger partial charge in [0.2, 0.25) is 0 Å². The lowest BCUT2D eigenvalue weighted by Crippen LogP contribution is -2.39. The summed E-state index contributed by atoms with van der Waals surface area (Å²) in [5, 5.41) is 10.7. The molecule has 0 saturated carbocycles. The Morgan fingerprint density at radius 1 is 1.35 bits per heavy atom. The molecule has 1 amide bonds. The summed E-state index contributed by atoms with van der Waals surface area (Å²) in [6.45, 7) is 8.57. The third-order valence-corrected chi connectivity index (χ3v) is 3.14. The minimum atomic E-state index is -0.565. The van der Waals surface area contributed by atoms with Crippen molar-refractivity contribution in [1.29, 1.82) is 0 Å². The van der Waals surface area contributed by atoms with Gasteiger partial charge in [0, 0.05) is 24.2 Å². The summed E-state index contributed by atoms with van der Waals surface area (Å²) >= 11 is 5.85. The number of carbonyl (C=O) groups is 1. The Bertz CT molecular complexity index is 515. The fraction of sp³-hybridized carbons (Fsp3) is 0.500. The second kappa shape index (κ2) is 6.70. The first-order valence-electron chi connectivity index (χ1n) is 6.49. The number of carbonyl (C=O) groups excluding carboxylic acids is 1. The quantitative estimate of drug-likeness (QED) is 0.614. The van der Waals surface area contributed by atoms with Crippen LogP contribution in [0, 0.1) is 16.0 Å². The van der Waals surface area contributed by atoms with Gasteiger partial charge in [-0.05, 0) is 31.9 Å². The second-order valence-corrected chi connectivity index (χ2v) is 5.78. The zero-order valence-corrected chi connectivity index (χ0v) is 12.8. The van der Waals surface area contributed by atoms with Gasteiger partial charge in [-0.3, -0.25) is 14.9 Å². The van der Waals surface area contributed by atoms with E-state index in [0.717, 1.165) is 0 Å². The molecule has 0 aliphatic heterocycles. The summed E-state index contributed by atoms with van der Waals surface area (Å²) in [5.41, 5.74) is 0.179. The normalized spacial score (nSPS) is 10.9. The Labute approximate surface area is 123 Å². The van der Waals surface area contributed by atoms with E-state index in [1.807, 2.05) is 27.7 Å². The largest absolute Gasteiger partial charge is 0.336 e. The topological polar surface area (TPSA) is 63.5 Å². The molecule has 5 nitrogen and oxygen atoms in total. The Morgan fingerprint density at radius 2 is 1.95 bits per heavy atom. The average molecular weight is 299 g/mol. The van der Waals surface area contributed by atoms with Gasteiger partial charge in [-0.1, -0.05) is 25.4 Å². The number of nitro benzene ring substituents is 1. The van der Waals surface area contributed by atoms with Crippen LogP contribution in [0.2, 0.25) is 5.02 Å². The van der Waals surface area contributed by atoms with E-state index in [9.17, 15) is 14.9 Å². The van der Waals surface area contributed by atoms with Crippen LogP contribution in [-0.4, -0.2) is 28.3 Å². The summed E-state index contributed by atoms with van der Waals surface area (Å²) in [4.78, 5) is 24.3. The lowest BCUT2D eigenvalue weighted by Gasteiger charge is -2.28. The van der Waals surface area contributed by atoms with Crippen molar-refractivity contribution >= 4 is 23.2 Å². The van der Waals surface area contributed by atoms with Gasteiger partial charge < -0.3 is 4.90 Å². The van der Waals surface area contributed by atoms with Crippen molar-refractivity contribution in [1.82, 2.24) is 4.90 Å². The van der Waals surface area contributed by atoms with Crippen molar-refractivity contribution < 1.29 is 9.72 Å². The maximum Gasteiger partial charge on any atom is 0.287 e. The molecule has 6 heteroatoms. The van der Waals surface area contributed by atoms with Crippen molar-refractivity contribution in [2.45, 2.75) is 33.7 Å². The number of benzene rings is 1. The van der Waals surface area contributed by atoms with E-state index in [2.05, 4.69) is 0 Å². The fourth-order valence-electron chi connectivity index (χ4n) is 1.88. The van der Waals surface area contributed by atoms with Gasteiger partial charge >= 0.3 is 0 Å². The van der Waals surface area contributed by atoms with Gasteiger partial charge in [-0.15, -0.1) is 0 Å². The highest BCUT2D eigenvalue weighted by Crippen LogP contribution is 2.26. The molecule has 0 heterocycles. The number of halogens is 1. The van der Waals surface area contributed by atoms with Gasteiger partial charge in [0.15, 0.2) is 0 Å². The SMILES string of the molecule is CC(C)CN(C(=O)c1ccc([N+](=O)[O-])c(Cl)c1)C(C)C. The Balaban J connectivity index is 3.06. The van der Waals surface area contributed by atoms with Crippen LogP contribution in [0.25, 0.3) is 0 Å². The average Bonchev–Trinajstić information content (AvgIpc) is 2.34. The molecule has 1 aromatic carbocycles. The molecule has 0 N–H and O–H groups in total. The van der Waals surface area contributed by atoms with Crippen LogP contribution in [0.5, 0.6) is 0 Å². The van der Waals surface area contributed by atoms with Crippen LogP contribution in [0.1, 0.15) is 38.1 Å². The summed E-state index contributed by atoms with van der Waals surface area (Å²) in [6.07, 6.45) is 0. The molecule has 110 valence electrons. The minimum Gasteiger partial charge on any atom is -0.336 e. The smallest absolute Gasteiger partial charge is 0.287 e.